The molecule has 0 amide bonds. The van der Waals surface area contributed by atoms with Crippen molar-refractivity contribution in [2.75, 3.05) is 0 Å². The highest BCUT2D eigenvalue weighted by Gasteiger charge is 2.21. The Labute approximate surface area is 272 Å². The number of hydrogen-bond acceptors (Lipinski definition) is 1. The second kappa shape index (κ2) is 9.82. The fraction of sp³-hybridized carbons (Fsp3) is 0.0667. The summed E-state index contributed by atoms with van der Waals surface area (Å²) in [7, 11) is 0. The van der Waals surface area contributed by atoms with E-state index in [-0.39, 0.29) is 0 Å². The zero-order chi connectivity index (χ0) is 31.2. The summed E-state index contributed by atoms with van der Waals surface area (Å²) in [5.74, 6) is 0.954. The van der Waals surface area contributed by atoms with Crippen molar-refractivity contribution in [3.63, 3.8) is 0 Å². The maximum Gasteiger partial charge on any atom is 0.142 e. The van der Waals surface area contributed by atoms with Crippen LogP contribution in [0.4, 0.5) is 0 Å². The predicted molar refractivity (Wildman–Crippen MR) is 201 cm³/mol. The number of furan rings is 1. The third-order valence-electron chi connectivity index (χ3n) is 10.2. The van der Waals surface area contributed by atoms with Crippen LogP contribution in [0.1, 0.15) is 24.7 Å². The van der Waals surface area contributed by atoms with Crippen LogP contribution < -0.4 is 0 Å². The molecule has 0 unspecified atom stereocenters. The van der Waals surface area contributed by atoms with Crippen LogP contribution in [0.3, 0.4) is 0 Å². The number of rotatable bonds is 4. The molecule has 0 aliphatic carbocycles. The SMILES string of the molecule is CC/C=C\c1c(C)oc2c(-c3ccc4c(c3)c3ccccc3n4-c3c4ccccc4c4ccc5cccc6ccc3c4c65)cccc12. The Kier molecular flexibility index (Phi) is 5.51. The number of benzene rings is 8. The number of allylic oxidation sites excluding steroid dienone is 1. The summed E-state index contributed by atoms with van der Waals surface area (Å²) in [6.07, 6.45) is 5.39. The highest BCUT2D eigenvalue weighted by atomic mass is 16.3. The molecule has 2 heteroatoms. The molecule has 0 spiro atoms. The Morgan fingerprint density at radius 2 is 1.28 bits per heavy atom. The van der Waals surface area contributed by atoms with Crippen LogP contribution in [0.5, 0.6) is 0 Å². The summed E-state index contributed by atoms with van der Waals surface area (Å²) in [4.78, 5) is 0. The first-order valence-electron chi connectivity index (χ1n) is 16.5. The molecule has 0 saturated heterocycles. The predicted octanol–water partition coefficient (Wildman–Crippen LogP) is 13.0. The lowest BCUT2D eigenvalue weighted by Crippen LogP contribution is -1.99. The van der Waals surface area contributed by atoms with Crippen molar-refractivity contribution < 1.29 is 4.42 Å². The molecule has 2 heterocycles. The first-order valence-corrected chi connectivity index (χ1v) is 16.5. The fourth-order valence-electron chi connectivity index (χ4n) is 8.12. The van der Waals surface area contributed by atoms with Crippen LogP contribution in [-0.2, 0) is 0 Å². The molecule has 0 aliphatic rings. The second-order valence-electron chi connectivity index (χ2n) is 12.7. The Hall–Kier alpha value is -5.86. The van der Waals surface area contributed by atoms with Crippen LogP contribution in [-0.4, -0.2) is 4.57 Å². The van der Waals surface area contributed by atoms with Crippen molar-refractivity contribution in [3.8, 4) is 16.8 Å². The first kappa shape index (κ1) is 26.4. The van der Waals surface area contributed by atoms with Gasteiger partial charge in [0.05, 0.1) is 16.7 Å². The minimum absolute atomic E-state index is 0.946. The van der Waals surface area contributed by atoms with Gasteiger partial charge in [-0.05, 0) is 64.0 Å². The van der Waals surface area contributed by atoms with E-state index in [0.717, 1.165) is 34.3 Å². The Morgan fingerprint density at radius 3 is 2.11 bits per heavy atom. The molecule has 47 heavy (non-hydrogen) atoms. The molecule has 0 saturated carbocycles. The molecule has 10 rings (SSSR count). The van der Waals surface area contributed by atoms with Crippen LogP contribution >= 0.6 is 0 Å². The summed E-state index contributed by atoms with van der Waals surface area (Å²) < 4.78 is 8.96. The molecule has 0 bridgehead atoms. The van der Waals surface area contributed by atoms with E-state index in [2.05, 4.69) is 158 Å². The molecule has 0 atom stereocenters. The maximum absolute atomic E-state index is 6.45. The minimum atomic E-state index is 0.946. The van der Waals surface area contributed by atoms with Gasteiger partial charge in [-0.1, -0.05) is 128 Å². The molecule has 2 aromatic heterocycles. The molecule has 0 radical (unpaired) electrons. The topological polar surface area (TPSA) is 18.1 Å². The monoisotopic (exact) mass is 601 g/mol. The van der Waals surface area contributed by atoms with Gasteiger partial charge in [0.1, 0.15) is 11.3 Å². The average molecular weight is 602 g/mol. The fourth-order valence-corrected chi connectivity index (χ4v) is 8.12. The number of hydrogen-bond donors (Lipinski definition) is 0. The third kappa shape index (κ3) is 3.61. The van der Waals surface area contributed by atoms with Gasteiger partial charge in [-0.3, -0.25) is 0 Å². The summed E-state index contributed by atoms with van der Waals surface area (Å²) in [5, 5.41) is 14.0. The summed E-state index contributed by atoms with van der Waals surface area (Å²) in [5.41, 5.74) is 8.04. The summed E-state index contributed by atoms with van der Waals surface area (Å²) in [6.45, 7) is 4.23. The molecular weight excluding hydrogens is 571 g/mol. The minimum Gasteiger partial charge on any atom is -0.460 e. The Bertz CT molecular complexity index is 2880. The number of fused-ring (bicyclic) bond motifs is 6. The molecule has 0 fully saturated rings. The average Bonchev–Trinajstić information content (AvgIpc) is 3.62. The Morgan fingerprint density at radius 1 is 0.574 bits per heavy atom. The van der Waals surface area contributed by atoms with E-state index in [1.165, 1.54) is 76.1 Å². The van der Waals surface area contributed by atoms with Crippen LogP contribution in [0, 0.1) is 6.92 Å². The van der Waals surface area contributed by atoms with Gasteiger partial charge in [-0.25, -0.2) is 0 Å². The van der Waals surface area contributed by atoms with Gasteiger partial charge in [-0.15, -0.1) is 0 Å². The quantitative estimate of drug-likeness (QED) is 0.145. The number of nitrogens with zero attached hydrogens (tertiary/aromatic N) is 1. The van der Waals surface area contributed by atoms with E-state index < -0.39 is 0 Å². The van der Waals surface area contributed by atoms with Crippen LogP contribution in [0.25, 0.3) is 98.8 Å². The van der Waals surface area contributed by atoms with E-state index in [4.69, 9.17) is 4.42 Å². The lowest BCUT2D eigenvalue weighted by atomic mass is 9.89. The van der Waals surface area contributed by atoms with E-state index >= 15 is 0 Å². The highest BCUT2D eigenvalue weighted by molar-refractivity contribution is 6.32. The number of para-hydroxylation sites is 2. The zero-order valence-corrected chi connectivity index (χ0v) is 26.3. The molecule has 222 valence electrons. The van der Waals surface area contributed by atoms with Crippen molar-refractivity contribution in [3.05, 3.63) is 145 Å². The van der Waals surface area contributed by atoms with Gasteiger partial charge in [0.2, 0.25) is 0 Å². The molecule has 8 aromatic carbocycles. The molecule has 2 nitrogen and oxygen atoms in total. The second-order valence-corrected chi connectivity index (χ2v) is 12.7. The van der Waals surface area contributed by atoms with E-state index in [1.54, 1.807) is 0 Å². The molecule has 0 aliphatic heterocycles. The van der Waals surface area contributed by atoms with Gasteiger partial charge in [0.25, 0.3) is 0 Å². The van der Waals surface area contributed by atoms with Crippen molar-refractivity contribution in [1.82, 2.24) is 4.57 Å². The van der Waals surface area contributed by atoms with Crippen molar-refractivity contribution in [2.24, 2.45) is 0 Å². The van der Waals surface area contributed by atoms with Crippen molar-refractivity contribution in [2.45, 2.75) is 20.3 Å². The normalized spacial score (nSPS) is 12.5. The molecular formula is C45H31NO. The van der Waals surface area contributed by atoms with Gasteiger partial charge < -0.3 is 8.98 Å². The summed E-state index contributed by atoms with van der Waals surface area (Å²) in [6, 6.07) is 47.1. The van der Waals surface area contributed by atoms with Gasteiger partial charge in [-0.2, -0.15) is 0 Å². The first-order chi connectivity index (χ1) is 23.2. The molecule has 0 N–H and O–H groups in total. The standard InChI is InChI=1S/C45H31NO/c1-3-4-13-31-27(2)47-45-32(17-10-18-37(31)45)30-22-25-41-39(26-30)34-15-7-8-19-40(34)46(41)44-36-16-6-5-14-33(36)35-23-20-28-11-9-12-29-21-24-38(44)43(35)42(28)29/h4-26H,3H2,1-2H3/b13-4-. The number of aryl methyl sites for hydroxylation is 1. The van der Waals surface area contributed by atoms with Crippen molar-refractivity contribution in [1.29, 1.82) is 0 Å². The molecule has 10 aromatic rings. The lowest BCUT2D eigenvalue weighted by Gasteiger charge is -2.19. The Balaban J connectivity index is 1.31. The van der Waals surface area contributed by atoms with Crippen molar-refractivity contribution >= 4 is 81.9 Å². The van der Waals surface area contributed by atoms with Crippen LogP contribution in [0.15, 0.2) is 138 Å². The summed E-state index contributed by atoms with van der Waals surface area (Å²) >= 11 is 0. The maximum atomic E-state index is 6.45. The van der Waals surface area contributed by atoms with E-state index in [1.807, 2.05) is 0 Å². The van der Waals surface area contributed by atoms with Gasteiger partial charge >= 0.3 is 0 Å². The lowest BCUT2D eigenvalue weighted by molar-refractivity contribution is 0.578. The number of aromatic nitrogens is 1. The van der Waals surface area contributed by atoms with Crippen LogP contribution in [0.2, 0.25) is 0 Å². The van der Waals surface area contributed by atoms with E-state index in [0.29, 0.717) is 0 Å². The van der Waals surface area contributed by atoms with Gasteiger partial charge in [0.15, 0.2) is 0 Å². The smallest absolute Gasteiger partial charge is 0.142 e. The third-order valence-corrected chi connectivity index (χ3v) is 10.2. The zero-order valence-electron chi connectivity index (χ0n) is 26.3. The highest BCUT2D eigenvalue weighted by Crippen LogP contribution is 2.45. The largest absolute Gasteiger partial charge is 0.460 e. The van der Waals surface area contributed by atoms with Gasteiger partial charge in [0, 0.05) is 43.4 Å². The van der Waals surface area contributed by atoms with E-state index in [9.17, 15) is 0 Å².